The molecule has 2 N–H and O–H groups in total. The molecular formula is C20H21N3O. The summed E-state index contributed by atoms with van der Waals surface area (Å²) in [5.74, 6) is 0.0156. The topological polar surface area (TPSA) is 64.9 Å². The Hall–Kier alpha value is -3.06. The fraction of sp³-hybridized carbons (Fsp3) is 0.200. The van der Waals surface area contributed by atoms with Crippen molar-refractivity contribution in [3.8, 4) is 6.07 Å². The van der Waals surface area contributed by atoms with E-state index >= 15 is 0 Å². The summed E-state index contributed by atoms with van der Waals surface area (Å²) in [6.07, 6.45) is 1.45. The van der Waals surface area contributed by atoms with Gasteiger partial charge in [-0.3, -0.25) is 4.79 Å². The van der Waals surface area contributed by atoms with Crippen LogP contribution >= 0.6 is 0 Å². The van der Waals surface area contributed by atoms with Gasteiger partial charge in [0.15, 0.2) is 0 Å². The van der Waals surface area contributed by atoms with Crippen LogP contribution in [0.2, 0.25) is 0 Å². The number of hydrogen-bond acceptors (Lipinski definition) is 3. The molecule has 0 aromatic heterocycles. The van der Waals surface area contributed by atoms with Gasteiger partial charge < -0.3 is 10.6 Å². The lowest BCUT2D eigenvalue weighted by molar-refractivity contribution is -0.112. The maximum absolute atomic E-state index is 12.2. The van der Waals surface area contributed by atoms with Crippen molar-refractivity contribution in [2.75, 3.05) is 5.32 Å². The number of carbonyl (C=O) groups excluding carboxylic acids is 1. The third-order valence-corrected chi connectivity index (χ3v) is 3.60. The molecule has 0 aliphatic carbocycles. The number of amides is 1. The molecule has 0 heterocycles. The van der Waals surface area contributed by atoms with Gasteiger partial charge in [0.1, 0.15) is 11.6 Å². The third kappa shape index (κ3) is 4.99. The van der Waals surface area contributed by atoms with Crippen LogP contribution in [0.15, 0.2) is 66.4 Å². The van der Waals surface area contributed by atoms with E-state index in [-0.39, 0.29) is 5.57 Å². The van der Waals surface area contributed by atoms with E-state index in [4.69, 9.17) is 5.26 Å². The Labute approximate surface area is 142 Å². The first-order valence-electron chi connectivity index (χ1n) is 7.89. The van der Waals surface area contributed by atoms with Gasteiger partial charge in [0.2, 0.25) is 0 Å². The number of rotatable bonds is 6. The molecule has 122 valence electrons. The SMILES string of the molecule is CC(C)c1ccc(NC(=O)/C(C#N)=C\NCc2ccccc2)cc1. The zero-order valence-electron chi connectivity index (χ0n) is 13.9. The van der Waals surface area contributed by atoms with Crippen LogP contribution in [-0.4, -0.2) is 5.91 Å². The minimum Gasteiger partial charge on any atom is -0.386 e. The first-order chi connectivity index (χ1) is 11.6. The van der Waals surface area contributed by atoms with Gasteiger partial charge >= 0.3 is 0 Å². The van der Waals surface area contributed by atoms with Crippen LogP contribution in [0.1, 0.15) is 30.9 Å². The number of benzene rings is 2. The highest BCUT2D eigenvalue weighted by Crippen LogP contribution is 2.17. The average molecular weight is 319 g/mol. The van der Waals surface area contributed by atoms with Gasteiger partial charge in [0.25, 0.3) is 5.91 Å². The summed E-state index contributed by atoms with van der Waals surface area (Å²) < 4.78 is 0. The molecule has 4 nitrogen and oxygen atoms in total. The minimum atomic E-state index is -0.421. The molecule has 2 aromatic rings. The zero-order valence-corrected chi connectivity index (χ0v) is 13.9. The highest BCUT2D eigenvalue weighted by Gasteiger charge is 2.09. The van der Waals surface area contributed by atoms with Crippen LogP contribution in [0.3, 0.4) is 0 Å². The summed E-state index contributed by atoms with van der Waals surface area (Å²) in [6, 6.07) is 19.4. The third-order valence-electron chi connectivity index (χ3n) is 3.60. The number of nitrogens with zero attached hydrogens (tertiary/aromatic N) is 1. The lowest BCUT2D eigenvalue weighted by Crippen LogP contribution is -2.16. The second kappa shape index (κ2) is 8.54. The highest BCUT2D eigenvalue weighted by molar-refractivity contribution is 6.06. The Bertz CT molecular complexity index is 741. The number of hydrogen-bond donors (Lipinski definition) is 2. The van der Waals surface area contributed by atoms with Crippen molar-refractivity contribution >= 4 is 11.6 Å². The summed E-state index contributed by atoms with van der Waals surface area (Å²) >= 11 is 0. The lowest BCUT2D eigenvalue weighted by atomic mass is 10.0. The Kier molecular flexibility index (Phi) is 6.16. The molecule has 0 aliphatic heterocycles. The summed E-state index contributed by atoms with van der Waals surface area (Å²) in [6.45, 7) is 4.79. The number of anilines is 1. The van der Waals surface area contributed by atoms with Crippen LogP contribution in [0.5, 0.6) is 0 Å². The molecule has 0 unspecified atom stereocenters. The molecule has 0 aliphatic rings. The van der Waals surface area contributed by atoms with Crippen molar-refractivity contribution in [2.45, 2.75) is 26.3 Å². The average Bonchev–Trinajstić information content (AvgIpc) is 2.60. The monoisotopic (exact) mass is 319 g/mol. The molecule has 0 fully saturated rings. The largest absolute Gasteiger partial charge is 0.386 e. The van der Waals surface area contributed by atoms with Crippen molar-refractivity contribution in [2.24, 2.45) is 0 Å². The maximum Gasteiger partial charge on any atom is 0.267 e. The van der Waals surface area contributed by atoms with E-state index in [1.807, 2.05) is 60.7 Å². The summed E-state index contributed by atoms with van der Waals surface area (Å²) in [7, 11) is 0. The zero-order chi connectivity index (χ0) is 17.4. The summed E-state index contributed by atoms with van der Waals surface area (Å²) in [4.78, 5) is 12.2. The Morgan fingerprint density at radius 2 is 1.79 bits per heavy atom. The van der Waals surface area contributed by atoms with E-state index in [0.717, 1.165) is 5.56 Å². The van der Waals surface area contributed by atoms with E-state index < -0.39 is 5.91 Å². The number of nitriles is 1. The molecule has 0 bridgehead atoms. The predicted octanol–water partition coefficient (Wildman–Crippen LogP) is 3.95. The smallest absolute Gasteiger partial charge is 0.267 e. The van der Waals surface area contributed by atoms with Crippen molar-refractivity contribution in [1.82, 2.24) is 5.32 Å². The standard InChI is InChI=1S/C20H21N3O/c1-15(2)17-8-10-19(11-9-17)23-20(24)18(12-21)14-22-13-16-6-4-3-5-7-16/h3-11,14-15,22H,13H2,1-2H3,(H,23,24)/b18-14-. The van der Waals surface area contributed by atoms with Crippen molar-refractivity contribution < 1.29 is 4.79 Å². The van der Waals surface area contributed by atoms with Gasteiger partial charge in [-0.15, -0.1) is 0 Å². The Morgan fingerprint density at radius 3 is 2.38 bits per heavy atom. The molecule has 0 radical (unpaired) electrons. The van der Waals surface area contributed by atoms with Gasteiger partial charge in [-0.05, 0) is 29.2 Å². The fourth-order valence-electron chi connectivity index (χ4n) is 2.17. The van der Waals surface area contributed by atoms with Crippen LogP contribution in [0.4, 0.5) is 5.69 Å². The Morgan fingerprint density at radius 1 is 1.12 bits per heavy atom. The fourth-order valence-corrected chi connectivity index (χ4v) is 2.17. The van der Waals surface area contributed by atoms with E-state index in [1.54, 1.807) is 0 Å². The summed E-state index contributed by atoms with van der Waals surface area (Å²) in [5, 5.41) is 14.9. The van der Waals surface area contributed by atoms with Crippen LogP contribution < -0.4 is 10.6 Å². The maximum atomic E-state index is 12.2. The molecule has 0 saturated heterocycles. The molecular weight excluding hydrogens is 298 g/mol. The molecule has 0 spiro atoms. The van der Waals surface area contributed by atoms with Crippen LogP contribution in [0.25, 0.3) is 0 Å². The first-order valence-corrected chi connectivity index (χ1v) is 7.89. The number of nitrogens with one attached hydrogen (secondary N) is 2. The quantitative estimate of drug-likeness (QED) is 0.626. The van der Waals surface area contributed by atoms with Gasteiger partial charge in [0, 0.05) is 18.4 Å². The van der Waals surface area contributed by atoms with Crippen molar-refractivity contribution in [1.29, 1.82) is 5.26 Å². The first kappa shape index (κ1) is 17.3. The van der Waals surface area contributed by atoms with Crippen molar-refractivity contribution in [3.63, 3.8) is 0 Å². The second-order valence-electron chi connectivity index (χ2n) is 5.77. The lowest BCUT2D eigenvalue weighted by Gasteiger charge is -2.08. The predicted molar refractivity (Wildman–Crippen MR) is 96.1 cm³/mol. The minimum absolute atomic E-state index is 0.0406. The molecule has 24 heavy (non-hydrogen) atoms. The second-order valence-corrected chi connectivity index (χ2v) is 5.77. The van der Waals surface area contributed by atoms with Crippen LogP contribution in [0, 0.1) is 11.3 Å². The van der Waals surface area contributed by atoms with Crippen LogP contribution in [-0.2, 0) is 11.3 Å². The number of carbonyl (C=O) groups is 1. The highest BCUT2D eigenvalue weighted by atomic mass is 16.1. The van der Waals surface area contributed by atoms with E-state index in [9.17, 15) is 4.79 Å². The van der Waals surface area contributed by atoms with Gasteiger partial charge in [-0.2, -0.15) is 5.26 Å². The molecule has 4 heteroatoms. The summed E-state index contributed by atoms with van der Waals surface area (Å²) in [5.41, 5.74) is 3.00. The van der Waals surface area contributed by atoms with E-state index in [0.29, 0.717) is 18.2 Å². The molecule has 2 rings (SSSR count). The van der Waals surface area contributed by atoms with Gasteiger partial charge in [-0.1, -0.05) is 56.3 Å². The molecule has 0 atom stereocenters. The Balaban J connectivity index is 1.95. The van der Waals surface area contributed by atoms with Gasteiger partial charge in [-0.25, -0.2) is 0 Å². The molecule has 2 aromatic carbocycles. The van der Waals surface area contributed by atoms with Gasteiger partial charge in [0.05, 0.1) is 0 Å². The van der Waals surface area contributed by atoms with E-state index in [1.165, 1.54) is 11.8 Å². The van der Waals surface area contributed by atoms with E-state index in [2.05, 4.69) is 24.5 Å². The normalized spacial score (nSPS) is 11.0. The molecule has 0 saturated carbocycles. The molecule has 1 amide bonds. The van der Waals surface area contributed by atoms with Crippen molar-refractivity contribution in [3.05, 3.63) is 77.5 Å².